The van der Waals surface area contributed by atoms with Crippen LogP contribution in [0.3, 0.4) is 0 Å². The molecule has 14 heavy (non-hydrogen) atoms. The van der Waals surface area contributed by atoms with Crippen LogP contribution in [0.15, 0.2) is 27.1 Å². The molecule has 0 aliphatic rings. The van der Waals surface area contributed by atoms with E-state index in [4.69, 9.17) is 16.3 Å². The van der Waals surface area contributed by atoms with Gasteiger partial charge < -0.3 is 9.84 Å². The van der Waals surface area contributed by atoms with Gasteiger partial charge in [0, 0.05) is 4.47 Å². The second-order valence-corrected chi connectivity index (χ2v) is 4.77. The summed E-state index contributed by atoms with van der Waals surface area (Å²) < 4.78 is 7.15. The van der Waals surface area contributed by atoms with E-state index in [-0.39, 0.29) is 12.5 Å². The highest BCUT2D eigenvalue weighted by atomic mass is 79.9. The van der Waals surface area contributed by atoms with Crippen molar-refractivity contribution in [2.45, 2.75) is 6.10 Å². The fourth-order valence-corrected chi connectivity index (χ4v) is 2.07. The van der Waals surface area contributed by atoms with Crippen LogP contribution >= 0.6 is 43.5 Å². The summed E-state index contributed by atoms with van der Waals surface area (Å²) in [6, 6.07) is 5.56. The molecule has 0 amide bonds. The Balaban J connectivity index is 2.59. The van der Waals surface area contributed by atoms with Crippen LogP contribution in [0.2, 0.25) is 0 Å². The molecule has 1 aromatic rings. The lowest BCUT2D eigenvalue weighted by molar-refractivity contribution is 0.125. The van der Waals surface area contributed by atoms with Gasteiger partial charge in [0.1, 0.15) is 18.5 Å². The molecular formula is C9H9Br2ClO2. The average molecular weight is 344 g/mol. The Labute approximate surface area is 104 Å². The number of aliphatic hydroxyl groups excluding tert-OH is 1. The molecular weight excluding hydrogens is 335 g/mol. The molecule has 1 N–H and O–H groups in total. The Hall–Kier alpha value is 0.230. The number of benzene rings is 1. The summed E-state index contributed by atoms with van der Waals surface area (Å²) in [7, 11) is 0. The monoisotopic (exact) mass is 342 g/mol. The predicted octanol–water partition coefficient (Wildman–Crippen LogP) is 3.19. The maximum absolute atomic E-state index is 9.18. The van der Waals surface area contributed by atoms with Crippen LogP contribution in [0.1, 0.15) is 0 Å². The zero-order chi connectivity index (χ0) is 10.6. The van der Waals surface area contributed by atoms with Crippen LogP contribution in [0.5, 0.6) is 5.75 Å². The topological polar surface area (TPSA) is 29.5 Å². The number of alkyl halides is 1. The molecule has 0 bridgehead atoms. The minimum Gasteiger partial charge on any atom is -0.490 e. The fourth-order valence-electron chi connectivity index (χ4n) is 0.823. The van der Waals surface area contributed by atoms with Crippen molar-refractivity contribution >= 4 is 43.5 Å². The van der Waals surface area contributed by atoms with E-state index in [1.54, 1.807) is 0 Å². The van der Waals surface area contributed by atoms with Crippen LogP contribution in [0.4, 0.5) is 0 Å². The number of hydrogen-bond acceptors (Lipinski definition) is 2. The summed E-state index contributed by atoms with van der Waals surface area (Å²) in [6.07, 6.45) is -0.632. The molecule has 0 radical (unpaired) electrons. The highest BCUT2D eigenvalue weighted by molar-refractivity contribution is 9.11. The first-order valence-corrected chi connectivity index (χ1v) is 6.07. The van der Waals surface area contributed by atoms with Gasteiger partial charge in [0.25, 0.3) is 0 Å². The third kappa shape index (κ3) is 3.77. The quantitative estimate of drug-likeness (QED) is 0.850. The first kappa shape index (κ1) is 12.3. The first-order valence-electron chi connectivity index (χ1n) is 3.95. The summed E-state index contributed by atoms with van der Waals surface area (Å²) in [6.45, 7) is 0.198. The van der Waals surface area contributed by atoms with E-state index in [1.165, 1.54) is 0 Å². The van der Waals surface area contributed by atoms with Crippen molar-refractivity contribution in [1.29, 1.82) is 0 Å². The molecule has 1 aromatic carbocycles. The molecule has 0 aliphatic carbocycles. The zero-order valence-electron chi connectivity index (χ0n) is 7.21. The lowest BCUT2D eigenvalue weighted by atomic mass is 10.3. The molecule has 1 atom stereocenters. The molecule has 0 aliphatic heterocycles. The zero-order valence-corrected chi connectivity index (χ0v) is 11.1. The van der Waals surface area contributed by atoms with Crippen molar-refractivity contribution < 1.29 is 9.84 Å². The first-order chi connectivity index (χ1) is 6.63. The van der Waals surface area contributed by atoms with Crippen LogP contribution in [0.25, 0.3) is 0 Å². The van der Waals surface area contributed by atoms with Gasteiger partial charge in [-0.25, -0.2) is 0 Å². The SMILES string of the molecule is OC(CCl)COc1ccc(Br)cc1Br. The molecule has 0 aromatic heterocycles. The maximum Gasteiger partial charge on any atom is 0.133 e. The second-order valence-electron chi connectivity index (χ2n) is 2.69. The highest BCUT2D eigenvalue weighted by Crippen LogP contribution is 2.28. The summed E-state index contributed by atoms with van der Waals surface area (Å²) in [5.41, 5.74) is 0. The van der Waals surface area contributed by atoms with Crippen molar-refractivity contribution in [1.82, 2.24) is 0 Å². The van der Waals surface area contributed by atoms with Crippen molar-refractivity contribution in [3.8, 4) is 5.75 Å². The van der Waals surface area contributed by atoms with Gasteiger partial charge >= 0.3 is 0 Å². The number of rotatable bonds is 4. The van der Waals surface area contributed by atoms with Crippen molar-refractivity contribution in [3.63, 3.8) is 0 Å². The van der Waals surface area contributed by atoms with Gasteiger partial charge in [-0.3, -0.25) is 0 Å². The molecule has 0 saturated carbocycles. The normalized spacial score (nSPS) is 12.6. The second kappa shape index (κ2) is 5.95. The van der Waals surface area contributed by atoms with E-state index in [2.05, 4.69) is 31.9 Å². The molecule has 0 heterocycles. The van der Waals surface area contributed by atoms with Crippen molar-refractivity contribution in [2.24, 2.45) is 0 Å². The van der Waals surface area contributed by atoms with E-state index in [0.29, 0.717) is 5.75 Å². The molecule has 2 nitrogen and oxygen atoms in total. The van der Waals surface area contributed by atoms with Gasteiger partial charge in [-0.1, -0.05) is 15.9 Å². The number of ether oxygens (including phenoxy) is 1. The number of aliphatic hydroxyl groups is 1. The smallest absolute Gasteiger partial charge is 0.133 e. The summed E-state index contributed by atoms with van der Waals surface area (Å²) >= 11 is 12.1. The average Bonchev–Trinajstić information content (AvgIpc) is 2.16. The van der Waals surface area contributed by atoms with E-state index in [1.807, 2.05) is 18.2 Å². The minimum atomic E-state index is -0.632. The highest BCUT2D eigenvalue weighted by Gasteiger charge is 2.05. The van der Waals surface area contributed by atoms with Gasteiger partial charge in [0.05, 0.1) is 10.4 Å². The molecule has 0 spiro atoms. The van der Waals surface area contributed by atoms with Gasteiger partial charge in [-0.15, -0.1) is 11.6 Å². The molecule has 78 valence electrons. The van der Waals surface area contributed by atoms with Gasteiger partial charge in [-0.05, 0) is 34.1 Å². The Morgan fingerprint density at radius 3 is 2.71 bits per heavy atom. The molecule has 0 saturated heterocycles. The fraction of sp³-hybridized carbons (Fsp3) is 0.333. The number of halogens is 3. The summed E-state index contributed by atoms with van der Waals surface area (Å²) in [5, 5.41) is 9.18. The predicted molar refractivity (Wildman–Crippen MR) is 64.1 cm³/mol. The third-order valence-electron chi connectivity index (χ3n) is 1.50. The van der Waals surface area contributed by atoms with E-state index in [9.17, 15) is 5.11 Å². The minimum absolute atomic E-state index is 0.175. The van der Waals surface area contributed by atoms with Crippen molar-refractivity contribution in [2.75, 3.05) is 12.5 Å². The van der Waals surface area contributed by atoms with Gasteiger partial charge in [0.15, 0.2) is 0 Å². The van der Waals surface area contributed by atoms with E-state index >= 15 is 0 Å². The van der Waals surface area contributed by atoms with Crippen LogP contribution in [-0.4, -0.2) is 23.7 Å². The standard InChI is InChI=1S/C9H9Br2ClO2/c10-6-1-2-9(8(11)3-6)14-5-7(13)4-12/h1-3,7,13H,4-5H2. The lowest BCUT2D eigenvalue weighted by Crippen LogP contribution is -2.18. The van der Waals surface area contributed by atoms with Crippen molar-refractivity contribution in [3.05, 3.63) is 27.1 Å². The van der Waals surface area contributed by atoms with E-state index < -0.39 is 6.10 Å². The van der Waals surface area contributed by atoms with Gasteiger partial charge in [-0.2, -0.15) is 0 Å². The third-order valence-corrected chi connectivity index (χ3v) is 2.97. The molecule has 1 unspecified atom stereocenters. The Morgan fingerprint density at radius 2 is 2.14 bits per heavy atom. The molecule has 5 heteroatoms. The van der Waals surface area contributed by atoms with Gasteiger partial charge in [0.2, 0.25) is 0 Å². The summed E-state index contributed by atoms with van der Waals surface area (Å²) in [4.78, 5) is 0. The van der Waals surface area contributed by atoms with Crippen LogP contribution < -0.4 is 4.74 Å². The van der Waals surface area contributed by atoms with Crippen LogP contribution in [0, 0.1) is 0 Å². The van der Waals surface area contributed by atoms with Crippen LogP contribution in [-0.2, 0) is 0 Å². The Bertz CT molecular complexity index is 307. The van der Waals surface area contributed by atoms with E-state index in [0.717, 1.165) is 8.95 Å². The largest absolute Gasteiger partial charge is 0.490 e. The lowest BCUT2D eigenvalue weighted by Gasteiger charge is -2.10. The summed E-state index contributed by atoms with van der Waals surface area (Å²) in [5.74, 6) is 0.867. The molecule has 1 rings (SSSR count). The molecule has 0 fully saturated rings. The Morgan fingerprint density at radius 1 is 1.43 bits per heavy atom. The Kier molecular flexibility index (Phi) is 5.23. The number of hydrogen-bond donors (Lipinski definition) is 1. The maximum atomic E-state index is 9.18.